The molecule has 1 saturated heterocycles. The molecule has 118 valence electrons. The van der Waals surface area contributed by atoms with E-state index in [-0.39, 0.29) is 30.7 Å². The summed E-state index contributed by atoms with van der Waals surface area (Å²) in [6.45, 7) is 7.53. The van der Waals surface area contributed by atoms with Crippen LogP contribution in [-0.4, -0.2) is 61.7 Å². The Morgan fingerprint density at radius 1 is 1.45 bits per heavy atom. The van der Waals surface area contributed by atoms with Crippen LogP contribution in [0.4, 0.5) is 0 Å². The Labute approximate surface area is 121 Å². The van der Waals surface area contributed by atoms with E-state index in [9.17, 15) is 9.90 Å². The standard InChI is InChI=1S/C14H28N2O4/c1-10(2)16-14(18)11(3)15-7-12(17)8-19-9-13-5-4-6-20-13/h10-13,15,17H,4-9H2,1-3H3,(H,16,18). The van der Waals surface area contributed by atoms with Gasteiger partial charge < -0.3 is 25.2 Å². The normalized spacial score (nSPS) is 21.9. The maximum absolute atomic E-state index is 11.7. The molecule has 1 aliphatic rings. The summed E-state index contributed by atoms with van der Waals surface area (Å²) in [5.41, 5.74) is 0. The second kappa shape index (κ2) is 9.28. The van der Waals surface area contributed by atoms with Crippen LogP contribution in [0.15, 0.2) is 0 Å². The first kappa shape index (κ1) is 17.4. The molecule has 3 atom stereocenters. The highest BCUT2D eigenvalue weighted by molar-refractivity contribution is 5.81. The Morgan fingerprint density at radius 3 is 2.80 bits per heavy atom. The molecule has 20 heavy (non-hydrogen) atoms. The number of aliphatic hydroxyl groups excluding tert-OH is 1. The van der Waals surface area contributed by atoms with Crippen LogP contribution in [0.2, 0.25) is 0 Å². The van der Waals surface area contributed by atoms with Crippen molar-refractivity contribution in [1.82, 2.24) is 10.6 Å². The fraction of sp³-hybridized carbons (Fsp3) is 0.929. The van der Waals surface area contributed by atoms with E-state index in [2.05, 4.69) is 10.6 Å². The average Bonchev–Trinajstić information content (AvgIpc) is 2.88. The quantitative estimate of drug-likeness (QED) is 0.558. The lowest BCUT2D eigenvalue weighted by atomic mass is 10.2. The number of aliphatic hydroxyl groups is 1. The van der Waals surface area contributed by atoms with Gasteiger partial charge in [0.1, 0.15) is 0 Å². The van der Waals surface area contributed by atoms with E-state index in [1.165, 1.54) is 0 Å². The number of nitrogens with one attached hydrogen (secondary N) is 2. The summed E-state index contributed by atoms with van der Waals surface area (Å²) in [6.07, 6.45) is 1.66. The van der Waals surface area contributed by atoms with Crippen LogP contribution < -0.4 is 10.6 Å². The van der Waals surface area contributed by atoms with Gasteiger partial charge in [-0.15, -0.1) is 0 Å². The Balaban J connectivity index is 2.06. The van der Waals surface area contributed by atoms with E-state index < -0.39 is 6.10 Å². The Morgan fingerprint density at radius 2 is 2.20 bits per heavy atom. The average molecular weight is 288 g/mol. The summed E-state index contributed by atoms with van der Waals surface area (Å²) < 4.78 is 10.8. The molecule has 3 unspecified atom stereocenters. The molecule has 0 saturated carbocycles. The Kier molecular flexibility index (Phi) is 8.06. The highest BCUT2D eigenvalue weighted by atomic mass is 16.5. The summed E-state index contributed by atoms with van der Waals surface area (Å²) in [6, 6.07) is -0.211. The van der Waals surface area contributed by atoms with Gasteiger partial charge in [0.2, 0.25) is 5.91 Å². The van der Waals surface area contributed by atoms with E-state index in [1.807, 2.05) is 13.8 Å². The van der Waals surface area contributed by atoms with Crippen molar-refractivity contribution >= 4 is 5.91 Å². The highest BCUT2D eigenvalue weighted by Gasteiger charge is 2.17. The van der Waals surface area contributed by atoms with Crippen LogP contribution >= 0.6 is 0 Å². The minimum Gasteiger partial charge on any atom is -0.389 e. The smallest absolute Gasteiger partial charge is 0.237 e. The molecule has 1 amide bonds. The molecule has 6 heteroatoms. The second-order valence-electron chi connectivity index (χ2n) is 5.62. The van der Waals surface area contributed by atoms with Gasteiger partial charge in [-0.25, -0.2) is 0 Å². The first-order valence-corrected chi connectivity index (χ1v) is 7.40. The van der Waals surface area contributed by atoms with Crippen LogP contribution in [0.25, 0.3) is 0 Å². The fourth-order valence-corrected chi connectivity index (χ4v) is 1.99. The number of carbonyl (C=O) groups excluding carboxylic acids is 1. The van der Waals surface area contributed by atoms with Crippen molar-refractivity contribution in [1.29, 1.82) is 0 Å². The molecule has 0 bridgehead atoms. The zero-order chi connectivity index (χ0) is 15.0. The van der Waals surface area contributed by atoms with E-state index in [4.69, 9.17) is 9.47 Å². The molecule has 1 rings (SSSR count). The van der Waals surface area contributed by atoms with Crippen molar-refractivity contribution in [3.63, 3.8) is 0 Å². The van der Waals surface area contributed by atoms with Gasteiger partial charge in [-0.05, 0) is 33.6 Å². The van der Waals surface area contributed by atoms with Gasteiger partial charge in [0.05, 0.1) is 31.5 Å². The van der Waals surface area contributed by atoms with Gasteiger partial charge in [-0.1, -0.05) is 0 Å². The lowest BCUT2D eigenvalue weighted by Crippen LogP contribution is -2.47. The van der Waals surface area contributed by atoms with Gasteiger partial charge in [-0.2, -0.15) is 0 Å². The molecule has 0 aromatic carbocycles. The molecule has 6 nitrogen and oxygen atoms in total. The minimum atomic E-state index is -0.620. The van der Waals surface area contributed by atoms with Crippen molar-refractivity contribution in [2.45, 2.75) is 57.9 Å². The van der Waals surface area contributed by atoms with Gasteiger partial charge in [-0.3, -0.25) is 4.79 Å². The van der Waals surface area contributed by atoms with Crippen molar-refractivity contribution in [2.24, 2.45) is 0 Å². The van der Waals surface area contributed by atoms with Crippen molar-refractivity contribution < 1.29 is 19.4 Å². The van der Waals surface area contributed by atoms with E-state index in [0.29, 0.717) is 13.2 Å². The van der Waals surface area contributed by atoms with Crippen LogP contribution in [0.3, 0.4) is 0 Å². The van der Waals surface area contributed by atoms with Crippen molar-refractivity contribution in [3.05, 3.63) is 0 Å². The monoisotopic (exact) mass is 288 g/mol. The molecule has 0 aliphatic carbocycles. The van der Waals surface area contributed by atoms with Crippen molar-refractivity contribution in [2.75, 3.05) is 26.4 Å². The van der Waals surface area contributed by atoms with Gasteiger partial charge in [0.25, 0.3) is 0 Å². The molecule has 3 N–H and O–H groups in total. The first-order valence-electron chi connectivity index (χ1n) is 7.40. The topological polar surface area (TPSA) is 79.8 Å². The predicted octanol–water partition coefficient (Wildman–Crippen LogP) is 0.0456. The number of ether oxygens (including phenoxy) is 2. The summed E-state index contributed by atoms with van der Waals surface area (Å²) in [5, 5.41) is 15.6. The first-order chi connectivity index (χ1) is 9.49. The molecule has 0 spiro atoms. The number of hydrogen-bond donors (Lipinski definition) is 3. The number of hydrogen-bond acceptors (Lipinski definition) is 5. The van der Waals surface area contributed by atoms with Gasteiger partial charge >= 0.3 is 0 Å². The molecule has 1 fully saturated rings. The maximum Gasteiger partial charge on any atom is 0.237 e. The predicted molar refractivity (Wildman–Crippen MR) is 76.5 cm³/mol. The SMILES string of the molecule is CC(C)NC(=O)C(C)NCC(O)COCC1CCCO1. The summed E-state index contributed by atoms with van der Waals surface area (Å²) in [4.78, 5) is 11.7. The zero-order valence-corrected chi connectivity index (χ0v) is 12.7. The largest absolute Gasteiger partial charge is 0.389 e. The van der Waals surface area contributed by atoms with Crippen LogP contribution in [0, 0.1) is 0 Å². The lowest BCUT2D eigenvalue weighted by Gasteiger charge is -2.19. The second-order valence-corrected chi connectivity index (χ2v) is 5.62. The number of amides is 1. The van der Waals surface area contributed by atoms with Crippen LogP contribution in [0.5, 0.6) is 0 Å². The molecular formula is C14H28N2O4. The van der Waals surface area contributed by atoms with E-state index in [0.717, 1.165) is 19.4 Å². The third-order valence-electron chi connectivity index (χ3n) is 3.12. The van der Waals surface area contributed by atoms with Gasteiger partial charge in [0, 0.05) is 19.2 Å². The summed E-state index contributed by atoms with van der Waals surface area (Å²) in [5.74, 6) is -0.0625. The van der Waals surface area contributed by atoms with Crippen LogP contribution in [-0.2, 0) is 14.3 Å². The summed E-state index contributed by atoms with van der Waals surface area (Å²) >= 11 is 0. The van der Waals surface area contributed by atoms with E-state index in [1.54, 1.807) is 6.92 Å². The van der Waals surface area contributed by atoms with Crippen molar-refractivity contribution in [3.8, 4) is 0 Å². The van der Waals surface area contributed by atoms with E-state index >= 15 is 0 Å². The highest BCUT2D eigenvalue weighted by Crippen LogP contribution is 2.11. The third kappa shape index (κ3) is 7.19. The molecule has 0 aromatic rings. The molecular weight excluding hydrogens is 260 g/mol. The van der Waals surface area contributed by atoms with Gasteiger partial charge in [0.15, 0.2) is 0 Å². The van der Waals surface area contributed by atoms with Crippen LogP contribution in [0.1, 0.15) is 33.6 Å². The maximum atomic E-state index is 11.7. The number of carbonyl (C=O) groups is 1. The fourth-order valence-electron chi connectivity index (χ4n) is 1.99. The number of rotatable bonds is 9. The Bertz CT molecular complexity index is 280. The zero-order valence-electron chi connectivity index (χ0n) is 12.7. The third-order valence-corrected chi connectivity index (χ3v) is 3.12. The minimum absolute atomic E-state index is 0.0625. The summed E-state index contributed by atoms with van der Waals surface area (Å²) in [7, 11) is 0. The molecule has 1 aliphatic heterocycles. The molecule has 0 radical (unpaired) electrons. The molecule has 0 aromatic heterocycles. The molecule has 1 heterocycles. The Hall–Kier alpha value is -0.690. The lowest BCUT2D eigenvalue weighted by molar-refractivity contribution is -0.123.